The third-order valence-electron chi connectivity index (χ3n) is 5.18. The van der Waals surface area contributed by atoms with Crippen LogP contribution in [0.3, 0.4) is 0 Å². The van der Waals surface area contributed by atoms with Gasteiger partial charge in [-0.2, -0.15) is 4.31 Å². The van der Waals surface area contributed by atoms with Gasteiger partial charge in [-0.15, -0.1) is 10.2 Å². The summed E-state index contributed by atoms with van der Waals surface area (Å²) in [7, 11) is -3.40. The summed E-state index contributed by atoms with van der Waals surface area (Å²) in [6, 6.07) is 8.73. The van der Waals surface area contributed by atoms with Crippen molar-refractivity contribution in [1.82, 2.24) is 19.1 Å². The number of benzene rings is 1. The van der Waals surface area contributed by atoms with Gasteiger partial charge in [-0.3, -0.25) is 0 Å². The van der Waals surface area contributed by atoms with Crippen LogP contribution in [0.4, 0.5) is 0 Å². The van der Waals surface area contributed by atoms with Gasteiger partial charge in [0.2, 0.25) is 10.0 Å². The Morgan fingerprint density at radius 2 is 1.88 bits per heavy atom. The van der Waals surface area contributed by atoms with Crippen molar-refractivity contribution in [2.75, 3.05) is 13.1 Å². The maximum Gasteiger partial charge on any atom is 0.243 e. The highest BCUT2D eigenvalue weighted by molar-refractivity contribution is 7.89. The molecule has 1 aromatic heterocycles. The van der Waals surface area contributed by atoms with Gasteiger partial charge in [0, 0.05) is 26.1 Å². The molecule has 1 unspecified atom stereocenters. The van der Waals surface area contributed by atoms with Crippen molar-refractivity contribution in [3.05, 3.63) is 42.5 Å². The lowest BCUT2D eigenvalue weighted by molar-refractivity contribution is 0.261. The largest absolute Gasteiger partial charge is 0.317 e. The molecule has 4 rings (SSSR count). The van der Waals surface area contributed by atoms with E-state index in [1.165, 1.54) is 12.8 Å². The second kappa shape index (κ2) is 6.88. The van der Waals surface area contributed by atoms with E-state index in [0.717, 1.165) is 37.5 Å². The average molecular weight is 360 g/mol. The van der Waals surface area contributed by atoms with E-state index in [1.54, 1.807) is 28.6 Å². The van der Waals surface area contributed by atoms with Gasteiger partial charge in [0.05, 0.1) is 4.90 Å². The zero-order chi connectivity index (χ0) is 17.3. The molecular weight excluding hydrogens is 336 g/mol. The summed E-state index contributed by atoms with van der Waals surface area (Å²) >= 11 is 0. The second-order valence-corrected chi connectivity index (χ2v) is 9.17. The molecule has 1 aliphatic heterocycles. The van der Waals surface area contributed by atoms with Crippen LogP contribution in [-0.4, -0.2) is 40.6 Å². The van der Waals surface area contributed by atoms with Crippen LogP contribution in [0.2, 0.25) is 0 Å². The highest BCUT2D eigenvalue weighted by Crippen LogP contribution is 2.31. The van der Waals surface area contributed by atoms with Crippen LogP contribution in [-0.2, 0) is 23.0 Å². The molecule has 2 aromatic rings. The van der Waals surface area contributed by atoms with Crippen LogP contribution in [0.25, 0.3) is 0 Å². The number of hydrogen-bond acceptors (Lipinski definition) is 4. The van der Waals surface area contributed by atoms with E-state index < -0.39 is 10.0 Å². The molecule has 0 bridgehead atoms. The third kappa shape index (κ3) is 3.77. The Kier molecular flexibility index (Phi) is 4.60. The Labute approximate surface area is 148 Å². The van der Waals surface area contributed by atoms with Crippen LogP contribution in [0.1, 0.15) is 31.5 Å². The van der Waals surface area contributed by atoms with E-state index in [2.05, 4.69) is 14.8 Å². The van der Waals surface area contributed by atoms with E-state index in [0.29, 0.717) is 23.9 Å². The van der Waals surface area contributed by atoms with Gasteiger partial charge in [-0.25, -0.2) is 8.42 Å². The molecule has 6 nitrogen and oxygen atoms in total. The monoisotopic (exact) mass is 360 g/mol. The molecule has 7 heteroatoms. The van der Waals surface area contributed by atoms with Crippen molar-refractivity contribution in [3.63, 3.8) is 0 Å². The minimum absolute atomic E-state index is 0.300. The molecule has 25 heavy (non-hydrogen) atoms. The summed E-state index contributed by atoms with van der Waals surface area (Å²) < 4.78 is 29.5. The van der Waals surface area contributed by atoms with Gasteiger partial charge in [-0.1, -0.05) is 18.2 Å². The van der Waals surface area contributed by atoms with Crippen LogP contribution < -0.4 is 0 Å². The quantitative estimate of drug-likeness (QED) is 0.793. The number of hydrogen-bond donors (Lipinski definition) is 0. The lowest BCUT2D eigenvalue weighted by atomic mass is 9.96. The summed E-state index contributed by atoms with van der Waals surface area (Å²) in [6.45, 7) is 2.16. The predicted octanol–water partition coefficient (Wildman–Crippen LogP) is 2.33. The first-order chi connectivity index (χ1) is 12.1. The smallest absolute Gasteiger partial charge is 0.243 e. The molecule has 1 saturated carbocycles. The number of nitrogens with zero attached hydrogens (tertiary/aromatic N) is 4. The number of aromatic nitrogens is 3. The maximum atomic E-state index is 12.8. The fourth-order valence-electron chi connectivity index (χ4n) is 3.58. The average Bonchev–Trinajstić information content (AvgIpc) is 3.35. The van der Waals surface area contributed by atoms with Crippen molar-refractivity contribution in [3.8, 4) is 0 Å². The molecule has 0 N–H and O–H groups in total. The van der Waals surface area contributed by atoms with Crippen molar-refractivity contribution < 1.29 is 8.42 Å². The number of sulfonamides is 1. The summed E-state index contributed by atoms with van der Waals surface area (Å²) in [5.41, 5.74) is 0. The number of piperidine rings is 1. The molecule has 0 amide bonds. The normalized spacial score (nSPS) is 22.2. The first kappa shape index (κ1) is 16.7. The van der Waals surface area contributed by atoms with Crippen LogP contribution in [0, 0.1) is 11.8 Å². The highest BCUT2D eigenvalue weighted by Gasteiger charge is 2.31. The van der Waals surface area contributed by atoms with E-state index in [1.807, 2.05) is 12.4 Å². The molecule has 2 fully saturated rings. The van der Waals surface area contributed by atoms with E-state index in [4.69, 9.17) is 0 Å². The third-order valence-corrected chi connectivity index (χ3v) is 7.06. The Balaban J connectivity index is 1.45. The standard InChI is InChI=1S/C18H24N4O2S/c23-25(24,17-6-2-1-3-7-17)22-10-4-5-16(13-22)11-18-20-19-14-21(18)12-15-8-9-15/h1-3,6-7,14-16H,4-5,8-13H2. The Morgan fingerprint density at radius 1 is 1.08 bits per heavy atom. The molecule has 1 saturated heterocycles. The molecule has 0 radical (unpaired) electrons. The first-order valence-corrected chi connectivity index (χ1v) is 10.5. The Hall–Kier alpha value is -1.73. The zero-order valence-corrected chi connectivity index (χ0v) is 15.1. The maximum absolute atomic E-state index is 12.8. The lowest BCUT2D eigenvalue weighted by Gasteiger charge is -2.31. The van der Waals surface area contributed by atoms with Crippen LogP contribution in [0.5, 0.6) is 0 Å². The summed E-state index contributed by atoms with van der Waals surface area (Å²) in [5.74, 6) is 2.07. The molecule has 0 spiro atoms. The molecule has 1 aliphatic carbocycles. The Morgan fingerprint density at radius 3 is 2.64 bits per heavy atom. The van der Waals surface area contributed by atoms with Crippen LogP contribution in [0.15, 0.2) is 41.6 Å². The molecule has 1 aromatic carbocycles. The van der Waals surface area contributed by atoms with E-state index in [-0.39, 0.29) is 0 Å². The van der Waals surface area contributed by atoms with Gasteiger partial charge in [-0.05, 0) is 49.7 Å². The topological polar surface area (TPSA) is 68.1 Å². The Bertz CT molecular complexity index is 815. The molecule has 1 atom stereocenters. The second-order valence-electron chi connectivity index (χ2n) is 7.23. The van der Waals surface area contributed by atoms with Gasteiger partial charge < -0.3 is 4.57 Å². The number of rotatable bonds is 6. The fraction of sp³-hybridized carbons (Fsp3) is 0.556. The molecular formula is C18H24N4O2S. The summed E-state index contributed by atoms with van der Waals surface area (Å²) in [6.07, 6.45) is 7.14. The summed E-state index contributed by atoms with van der Waals surface area (Å²) in [5, 5.41) is 8.35. The van der Waals surface area contributed by atoms with Crippen molar-refractivity contribution >= 4 is 10.0 Å². The molecule has 134 valence electrons. The lowest BCUT2D eigenvalue weighted by Crippen LogP contribution is -2.40. The minimum atomic E-state index is -3.40. The minimum Gasteiger partial charge on any atom is -0.317 e. The van der Waals surface area contributed by atoms with Crippen molar-refractivity contribution in [2.45, 2.75) is 43.5 Å². The highest BCUT2D eigenvalue weighted by atomic mass is 32.2. The van der Waals surface area contributed by atoms with Gasteiger partial charge >= 0.3 is 0 Å². The fourth-order valence-corrected chi connectivity index (χ4v) is 5.16. The molecule has 2 aliphatic rings. The van der Waals surface area contributed by atoms with Gasteiger partial charge in [0.15, 0.2) is 0 Å². The van der Waals surface area contributed by atoms with E-state index in [9.17, 15) is 8.42 Å². The van der Waals surface area contributed by atoms with Crippen LogP contribution >= 0.6 is 0 Å². The van der Waals surface area contributed by atoms with Gasteiger partial charge in [0.25, 0.3) is 0 Å². The first-order valence-electron chi connectivity index (χ1n) is 9.05. The van der Waals surface area contributed by atoms with E-state index >= 15 is 0 Å². The SMILES string of the molecule is O=S(=O)(c1ccccc1)N1CCCC(Cc2nncn2CC2CC2)C1. The predicted molar refractivity (Wildman–Crippen MR) is 94.4 cm³/mol. The molecule has 2 heterocycles. The van der Waals surface area contributed by atoms with Crippen molar-refractivity contribution in [2.24, 2.45) is 11.8 Å². The summed E-state index contributed by atoms with van der Waals surface area (Å²) in [4.78, 5) is 0.382. The van der Waals surface area contributed by atoms with Gasteiger partial charge in [0.1, 0.15) is 12.2 Å². The van der Waals surface area contributed by atoms with Crippen molar-refractivity contribution in [1.29, 1.82) is 0 Å². The zero-order valence-electron chi connectivity index (χ0n) is 14.3.